The van der Waals surface area contributed by atoms with Crippen molar-refractivity contribution in [1.29, 1.82) is 0 Å². The lowest BCUT2D eigenvalue weighted by atomic mass is 9.85. The van der Waals surface area contributed by atoms with E-state index in [2.05, 4.69) is 50.5 Å². The van der Waals surface area contributed by atoms with E-state index in [9.17, 15) is 4.79 Å². The summed E-state index contributed by atoms with van der Waals surface area (Å²) in [6.45, 7) is 10.6. The summed E-state index contributed by atoms with van der Waals surface area (Å²) in [5, 5.41) is 6.56. The highest BCUT2D eigenvalue weighted by molar-refractivity contribution is 5.86. The van der Waals surface area contributed by atoms with Gasteiger partial charge in [0.15, 0.2) is 0 Å². The predicted octanol–water partition coefficient (Wildman–Crippen LogP) is 3.63. The third kappa shape index (κ3) is 3.78. The molecule has 1 unspecified atom stereocenters. The van der Waals surface area contributed by atoms with Crippen LogP contribution in [0.15, 0.2) is 24.3 Å². The van der Waals surface area contributed by atoms with Gasteiger partial charge in [0, 0.05) is 18.8 Å². The number of hydrogen-bond acceptors (Lipinski definition) is 2. The Balaban J connectivity index is 2.02. The lowest BCUT2D eigenvalue weighted by Gasteiger charge is -2.29. The van der Waals surface area contributed by atoms with E-state index in [1.165, 1.54) is 0 Å². The first-order chi connectivity index (χ1) is 10.0. The van der Waals surface area contributed by atoms with Crippen LogP contribution < -0.4 is 10.6 Å². The van der Waals surface area contributed by atoms with Gasteiger partial charge < -0.3 is 10.6 Å². The molecule has 1 aromatic rings. The average molecular weight is 288 g/mol. The van der Waals surface area contributed by atoms with E-state index >= 15 is 0 Å². The summed E-state index contributed by atoms with van der Waals surface area (Å²) < 4.78 is 0. The molecule has 1 aromatic carbocycles. The molecule has 116 valence electrons. The quantitative estimate of drug-likeness (QED) is 0.868. The zero-order valence-electron chi connectivity index (χ0n) is 13.6. The summed E-state index contributed by atoms with van der Waals surface area (Å²) >= 11 is 0. The molecule has 0 fully saturated rings. The lowest BCUT2D eigenvalue weighted by Crippen LogP contribution is -2.38. The van der Waals surface area contributed by atoms with Crippen molar-refractivity contribution in [2.75, 3.05) is 18.4 Å². The van der Waals surface area contributed by atoms with Crippen molar-refractivity contribution in [1.82, 2.24) is 5.32 Å². The minimum Gasteiger partial charge on any atom is -0.385 e. The lowest BCUT2D eigenvalue weighted by molar-refractivity contribution is -0.123. The van der Waals surface area contributed by atoms with Crippen molar-refractivity contribution < 1.29 is 4.79 Å². The van der Waals surface area contributed by atoms with Crippen molar-refractivity contribution in [3.63, 3.8) is 0 Å². The number of hydrogen-bond donors (Lipinski definition) is 2. The van der Waals surface area contributed by atoms with Crippen LogP contribution in [0.25, 0.3) is 0 Å². The van der Waals surface area contributed by atoms with Crippen LogP contribution in [-0.2, 0) is 4.79 Å². The van der Waals surface area contributed by atoms with Crippen LogP contribution in [0.4, 0.5) is 5.69 Å². The average Bonchev–Trinajstić information content (AvgIpc) is 2.46. The number of amides is 1. The summed E-state index contributed by atoms with van der Waals surface area (Å²) in [5.41, 5.74) is 2.24. The van der Waals surface area contributed by atoms with Crippen molar-refractivity contribution in [3.8, 4) is 0 Å². The van der Waals surface area contributed by atoms with Crippen LogP contribution in [0.5, 0.6) is 0 Å². The number of carbonyl (C=O) groups is 1. The van der Waals surface area contributed by atoms with Gasteiger partial charge in [-0.05, 0) is 35.8 Å². The maximum atomic E-state index is 12.6. The fourth-order valence-corrected chi connectivity index (χ4v) is 3.32. The molecule has 2 rings (SSSR count). The number of nitrogens with one attached hydrogen (secondary N) is 2. The third-order valence-corrected chi connectivity index (χ3v) is 4.63. The zero-order chi connectivity index (χ0) is 15.4. The fourth-order valence-electron chi connectivity index (χ4n) is 3.32. The molecule has 1 aliphatic rings. The first-order valence-electron chi connectivity index (χ1n) is 8.11. The second kappa shape index (κ2) is 6.97. The number of anilines is 1. The molecule has 1 aliphatic heterocycles. The minimum absolute atomic E-state index is 0.0116. The second-order valence-corrected chi connectivity index (χ2v) is 6.75. The Bertz CT molecular complexity index is 474. The maximum absolute atomic E-state index is 12.6. The van der Waals surface area contributed by atoms with Gasteiger partial charge in [0.2, 0.25) is 5.91 Å². The molecule has 0 aliphatic carbocycles. The van der Waals surface area contributed by atoms with Gasteiger partial charge in [-0.2, -0.15) is 0 Å². The number of fused-ring (bicyclic) bond motifs is 1. The smallest absolute Gasteiger partial charge is 0.227 e. The molecule has 0 spiro atoms. The standard InChI is InChI=1S/C18H28N2O/c1-12(2)16(13(3)4)11-20-18(21)15-9-10-19-17-8-6-5-7-14(15)17/h5-8,12-13,15-16,19H,9-11H2,1-4H3,(H,20,21). The summed E-state index contributed by atoms with van der Waals surface area (Å²) in [6, 6.07) is 8.14. The van der Waals surface area contributed by atoms with Gasteiger partial charge in [0.1, 0.15) is 0 Å². The van der Waals surface area contributed by atoms with Gasteiger partial charge >= 0.3 is 0 Å². The van der Waals surface area contributed by atoms with Crippen molar-refractivity contribution in [2.45, 2.75) is 40.0 Å². The largest absolute Gasteiger partial charge is 0.385 e. The van der Waals surface area contributed by atoms with E-state index in [1.54, 1.807) is 0 Å². The molecule has 2 N–H and O–H groups in total. The number of rotatable bonds is 5. The predicted molar refractivity (Wildman–Crippen MR) is 88.5 cm³/mol. The van der Waals surface area contributed by atoms with Crippen LogP contribution in [0, 0.1) is 17.8 Å². The Kier molecular flexibility index (Phi) is 5.27. The van der Waals surface area contributed by atoms with E-state index in [0.29, 0.717) is 17.8 Å². The van der Waals surface area contributed by atoms with Gasteiger partial charge in [-0.1, -0.05) is 45.9 Å². The summed E-state index contributed by atoms with van der Waals surface area (Å²) in [5.74, 6) is 1.87. The molecule has 3 heteroatoms. The normalized spacial score (nSPS) is 17.8. The maximum Gasteiger partial charge on any atom is 0.227 e. The molecular formula is C18H28N2O. The van der Waals surface area contributed by atoms with Gasteiger partial charge in [0.25, 0.3) is 0 Å². The molecule has 0 radical (unpaired) electrons. The van der Waals surface area contributed by atoms with E-state index < -0.39 is 0 Å². The van der Waals surface area contributed by atoms with E-state index in [0.717, 1.165) is 30.8 Å². The van der Waals surface area contributed by atoms with Crippen molar-refractivity contribution in [2.24, 2.45) is 17.8 Å². The zero-order valence-corrected chi connectivity index (χ0v) is 13.6. The SMILES string of the molecule is CC(C)C(CNC(=O)C1CCNc2ccccc21)C(C)C. The monoisotopic (exact) mass is 288 g/mol. The molecule has 0 saturated carbocycles. The first kappa shape index (κ1) is 15.9. The molecule has 0 bridgehead atoms. The Morgan fingerprint density at radius 2 is 1.90 bits per heavy atom. The molecule has 0 saturated heterocycles. The molecule has 1 atom stereocenters. The number of benzene rings is 1. The van der Waals surface area contributed by atoms with Gasteiger partial charge in [-0.15, -0.1) is 0 Å². The summed E-state index contributed by atoms with van der Waals surface area (Å²) in [6.07, 6.45) is 0.872. The van der Waals surface area contributed by atoms with E-state index in [4.69, 9.17) is 0 Å². The van der Waals surface area contributed by atoms with Crippen molar-refractivity contribution >= 4 is 11.6 Å². The van der Waals surface area contributed by atoms with Gasteiger partial charge in [-0.3, -0.25) is 4.79 Å². The Morgan fingerprint density at radius 3 is 2.57 bits per heavy atom. The van der Waals surface area contributed by atoms with Crippen LogP contribution >= 0.6 is 0 Å². The number of carbonyl (C=O) groups excluding carboxylic acids is 1. The van der Waals surface area contributed by atoms with E-state index in [1.807, 2.05) is 12.1 Å². The molecule has 21 heavy (non-hydrogen) atoms. The third-order valence-electron chi connectivity index (χ3n) is 4.63. The van der Waals surface area contributed by atoms with Crippen LogP contribution in [0.1, 0.15) is 45.6 Å². The van der Waals surface area contributed by atoms with Crippen molar-refractivity contribution in [3.05, 3.63) is 29.8 Å². The van der Waals surface area contributed by atoms with E-state index in [-0.39, 0.29) is 11.8 Å². The first-order valence-corrected chi connectivity index (χ1v) is 8.11. The van der Waals surface area contributed by atoms with Crippen LogP contribution in [-0.4, -0.2) is 19.0 Å². The highest BCUT2D eigenvalue weighted by Gasteiger charge is 2.27. The number of para-hydroxylation sites is 1. The Labute approximate surface area is 128 Å². The fraction of sp³-hybridized carbons (Fsp3) is 0.611. The minimum atomic E-state index is -0.0116. The summed E-state index contributed by atoms with van der Waals surface area (Å²) in [4.78, 5) is 12.6. The Morgan fingerprint density at radius 1 is 1.24 bits per heavy atom. The van der Waals surface area contributed by atoms with Gasteiger partial charge in [-0.25, -0.2) is 0 Å². The highest BCUT2D eigenvalue weighted by atomic mass is 16.1. The topological polar surface area (TPSA) is 41.1 Å². The Hall–Kier alpha value is -1.51. The summed E-state index contributed by atoms with van der Waals surface area (Å²) in [7, 11) is 0. The molecule has 0 aromatic heterocycles. The van der Waals surface area contributed by atoms with Gasteiger partial charge in [0.05, 0.1) is 5.92 Å². The molecular weight excluding hydrogens is 260 g/mol. The highest BCUT2D eigenvalue weighted by Crippen LogP contribution is 2.31. The molecule has 3 nitrogen and oxygen atoms in total. The van der Waals surface area contributed by atoms with Crippen LogP contribution in [0.2, 0.25) is 0 Å². The second-order valence-electron chi connectivity index (χ2n) is 6.75. The van der Waals surface area contributed by atoms with Crippen LogP contribution in [0.3, 0.4) is 0 Å². The molecule has 1 heterocycles. The molecule has 1 amide bonds.